The lowest BCUT2D eigenvalue weighted by Crippen LogP contribution is -2.42. The Morgan fingerprint density at radius 2 is 2.30 bits per heavy atom. The number of rotatable bonds is 3. The molecule has 0 aromatic heterocycles. The molecule has 3 atom stereocenters. The van der Waals surface area contributed by atoms with Gasteiger partial charge in [-0.1, -0.05) is 24.3 Å². The fraction of sp³-hybridized carbons (Fsp3) is 0.438. The molecule has 1 N–H and O–H groups in total. The largest absolute Gasteiger partial charge is 0.492 e. The fourth-order valence-electron chi connectivity index (χ4n) is 3.23. The number of methoxy groups -OCH3 is 1. The second-order valence-electron chi connectivity index (χ2n) is 5.15. The smallest absolute Gasteiger partial charge is 0.328 e. The van der Waals surface area contributed by atoms with Gasteiger partial charge in [0.05, 0.1) is 19.4 Å². The van der Waals surface area contributed by atoms with Gasteiger partial charge in [0.15, 0.2) is 0 Å². The van der Waals surface area contributed by atoms with E-state index in [1.54, 1.807) is 0 Å². The summed E-state index contributed by atoms with van der Waals surface area (Å²) < 4.78 is 10.6. The van der Waals surface area contributed by atoms with Crippen LogP contribution < -0.4 is 10.1 Å². The zero-order chi connectivity index (χ0) is 14.1. The predicted octanol–water partition coefficient (Wildman–Crippen LogP) is 2.71. The summed E-state index contributed by atoms with van der Waals surface area (Å²) in [4.78, 5) is 12.0. The molecule has 0 spiro atoms. The minimum atomic E-state index is -0.311. The average Bonchev–Trinajstić information content (AvgIpc) is 2.96. The number of ether oxygens (including phenoxy) is 2. The zero-order valence-electron chi connectivity index (χ0n) is 11.8. The summed E-state index contributed by atoms with van der Waals surface area (Å²) in [6, 6.07) is 5.73. The molecule has 0 unspecified atom stereocenters. The van der Waals surface area contributed by atoms with E-state index in [0.717, 1.165) is 17.9 Å². The monoisotopic (exact) mass is 273 g/mol. The van der Waals surface area contributed by atoms with Gasteiger partial charge in [-0.15, -0.1) is 0 Å². The first-order valence-corrected chi connectivity index (χ1v) is 7.03. The lowest BCUT2D eigenvalue weighted by molar-refractivity contribution is -0.142. The maximum Gasteiger partial charge on any atom is 0.328 e. The number of hydrogen-bond donors (Lipinski definition) is 1. The highest BCUT2D eigenvalue weighted by molar-refractivity contribution is 5.83. The number of carbonyl (C=O) groups is 1. The van der Waals surface area contributed by atoms with Crippen LogP contribution >= 0.6 is 0 Å². The van der Waals surface area contributed by atoms with Crippen molar-refractivity contribution < 1.29 is 14.3 Å². The van der Waals surface area contributed by atoms with Crippen LogP contribution in [0.5, 0.6) is 5.75 Å². The molecule has 1 aromatic carbocycles. The fourth-order valence-corrected chi connectivity index (χ4v) is 3.23. The molecule has 0 saturated heterocycles. The number of anilines is 1. The summed E-state index contributed by atoms with van der Waals surface area (Å²) in [5, 5.41) is 3.33. The van der Waals surface area contributed by atoms with Crippen LogP contribution in [-0.2, 0) is 9.53 Å². The number of allylic oxidation sites excluding steroid dienone is 2. The minimum Gasteiger partial charge on any atom is -0.492 e. The highest BCUT2D eigenvalue weighted by Gasteiger charge is 2.42. The van der Waals surface area contributed by atoms with E-state index in [-0.39, 0.29) is 23.8 Å². The Morgan fingerprint density at radius 3 is 3.05 bits per heavy atom. The highest BCUT2D eigenvalue weighted by Crippen LogP contribution is 2.47. The minimum absolute atomic E-state index is 0.208. The van der Waals surface area contributed by atoms with Crippen LogP contribution in [0.2, 0.25) is 0 Å². The molecule has 1 aliphatic heterocycles. The Bertz CT molecular complexity index is 553. The van der Waals surface area contributed by atoms with E-state index in [1.165, 1.54) is 12.7 Å². The van der Waals surface area contributed by atoms with Gasteiger partial charge >= 0.3 is 5.97 Å². The number of fused-ring (bicyclic) bond motifs is 3. The SMILES string of the molecule is CCOc1cccc2c1N[C@H](C(=O)OC)[C@@H]1CC=C[C@H]21. The van der Waals surface area contributed by atoms with Crippen molar-refractivity contribution in [1.29, 1.82) is 0 Å². The van der Waals surface area contributed by atoms with Crippen LogP contribution in [-0.4, -0.2) is 25.7 Å². The Kier molecular flexibility index (Phi) is 3.38. The zero-order valence-corrected chi connectivity index (χ0v) is 11.8. The first-order valence-electron chi connectivity index (χ1n) is 7.03. The van der Waals surface area contributed by atoms with Gasteiger partial charge in [0, 0.05) is 11.8 Å². The van der Waals surface area contributed by atoms with E-state index < -0.39 is 0 Å². The molecular formula is C16H19NO3. The third-order valence-corrected chi connectivity index (χ3v) is 4.11. The van der Waals surface area contributed by atoms with Crippen molar-refractivity contribution in [1.82, 2.24) is 0 Å². The van der Waals surface area contributed by atoms with Crippen LogP contribution in [0.1, 0.15) is 24.8 Å². The van der Waals surface area contributed by atoms with Crippen molar-refractivity contribution in [2.45, 2.75) is 25.3 Å². The molecule has 4 nitrogen and oxygen atoms in total. The molecular weight excluding hydrogens is 254 g/mol. The summed E-state index contributed by atoms with van der Waals surface area (Å²) in [6.45, 7) is 2.56. The van der Waals surface area contributed by atoms with Gasteiger partial charge in [-0.2, -0.15) is 0 Å². The third-order valence-electron chi connectivity index (χ3n) is 4.11. The Hall–Kier alpha value is -1.97. The molecule has 2 aliphatic rings. The lowest BCUT2D eigenvalue weighted by Gasteiger charge is -2.36. The lowest BCUT2D eigenvalue weighted by atomic mass is 9.79. The predicted molar refractivity (Wildman–Crippen MR) is 77.0 cm³/mol. The molecule has 0 bridgehead atoms. The summed E-state index contributed by atoms with van der Waals surface area (Å²) in [5.41, 5.74) is 2.13. The van der Waals surface area contributed by atoms with Gasteiger partial charge in [0.2, 0.25) is 0 Å². The van der Waals surface area contributed by atoms with Crippen molar-refractivity contribution in [2.75, 3.05) is 19.0 Å². The molecule has 4 heteroatoms. The van der Waals surface area contributed by atoms with Gasteiger partial charge in [0.25, 0.3) is 0 Å². The third kappa shape index (κ3) is 1.96. The Balaban J connectivity index is 2.04. The number of esters is 1. The second kappa shape index (κ2) is 5.19. The molecule has 0 radical (unpaired) electrons. The molecule has 1 aromatic rings. The summed E-state index contributed by atoms with van der Waals surface area (Å²) >= 11 is 0. The maximum atomic E-state index is 12.0. The van der Waals surface area contributed by atoms with E-state index in [9.17, 15) is 4.79 Å². The van der Waals surface area contributed by atoms with Crippen molar-refractivity contribution in [3.63, 3.8) is 0 Å². The van der Waals surface area contributed by atoms with Crippen LogP contribution in [0.3, 0.4) is 0 Å². The topological polar surface area (TPSA) is 47.6 Å². The molecule has 1 aliphatic carbocycles. The number of benzene rings is 1. The number of para-hydroxylation sites is 1. The van der Waals surface area contributed by atoms with Crippen LogP contribution in [0.15, 0.2) is 30.4 Å². The molecule has 0 saturated carbocycles. The quantitative estimate of drug-likeness (QED) is 0.679. The van der Waals surface area contributed by atoms with E-state index in [4.69, 9.17) is 9.47 Å². The van der Waals surface area contributed by atoms with Crippen LogP contribution in [0.25, 0.3) is 0 Å². The summed E-state index contributed by atoms with van der Waals surface area (Å²) in [5.74, 6) is 1.08. The van der Waals surface area contributed by atoms with Crippen molar-refractivity contribution >= 4 is 11.7 Å². The molecule has 0 amide bonds. The van der Waals surface area contributed by atoms with Gasteiger partial charge < -0.3 is 14.8 Å². The first kappa shape index (κ1) is 13.0. The number of carbonyl (C=O) groups excluding carboxylic acids is 1. The number of nitrogens with one attached hydrogen (secondary N) is 1. The molecule has 3 rings (SSSR count). The first-order chi connectivity index (χ1) is 9.76. The van der Waals surface area contributed by atoms with Crippen LogP contribution in [0, 0.1) is 5.92 Å². The molecule has 1 heterocycles. The summed E-state index contributed by atoms with van der Waals surface area (Å²) in [7, 11) is 1.44. The van der Waals surface area contributed by atoms with Gasteiger partial charge in [-0.05, 0) is 25.0 Å². The molecule has 106 valence electrons. The number of hydrogen-bond acceptors (Lipinski definition) is 4. The van der Waals surface area contributed by atoms with Gasteiger partial charge in [-0.3, -0.25) is 0 Å². The average molecular weight is 273 g/mol. The van der Waals surface area contributed by atoms with E-state index in [1.807, 2.05) is 19.1 Å². The van der Waals surface area contributed by atoms with E-state index in [0.29, 0.717) is 6.61 Å². The standard InChI is InChI=1S/C16H19NO3/c1-3-20-13-9-5-8-11-10-6-4-7-12(10)15(16(18)19-2)17-14(11)13/h4-6,8-10,12,15,17H,3,7H2,1-2H3/t10-,12-,15+/m1/s1. The van der Waals surface area contributed by atoms with Crippen molar-refractivity contribution in [3.8, 4) is 5.75 Å². The molecule has 20 heavy (non-hydrogen) atoms. The van der Waals surface area contributed by atoms with Crippen molar-refractivity contribution in [2.24, 2.45) is 5.92 Å². The Morgan fingerprint density at radius 1 is 1.45 bits per heavy atom. The summed E-state index contributed by atoms with van der Waals surface area (Å²) in [6.07, 6.45) is 5.24. The maximum absolute atomic E-state index is 12.0. The van der Waals surface area contributed by atoms with E-state index in [2.05, 4.69) is 23.5 Å². The van der Waals surface area contributed by atoms with Gasteiger partial charge in [-0.25, -0.2) is 4.79 Å². The highest BCUT2D eigenvalue weighted by atomic mass is 16.5. The van der Waals surface area contributed by atoms with Crippen LogP contribution in [0.4, 0.5) is 5.69 Å². The normalized spacial score (nSPS) is 26.4. The van der Waals surface area contributed by atoms with E-state index >= 15 is 0 Å². The van der Waals surface area contributed by atoms with Crippen molar-refractivity contribution in [3.05, 3.63) is 35.9 Å². The Labute approximate surface area is 118 Å². The second-order valence-corrected chi connectivity index (χ2v) is 5.15. The molecule has 0 fully saturated rings. The van der Waals surface area contributed by atoms with Gasteiger partial charge in [0.1, 0.15) is 11.8 Å².